The highest BCUT2D eigenvalue weighted by atomic mass is 16.6. The predicted molar refractivity (Wildman–Crippen MR) is 48.5 cm³/mol. The first kappa shape index (κ1) is 11.0. The van der Waals surface area contributed by atoms with Gasteiger partial charge in [0.25, 0.3) is 0 Å². The van der Waals surface area contributed by atoms with E-state index in [2.05, 4.69) is 0 Å². The van der Waals surface area contributed by atoms with E-state index in [1.807, 2.05) is 20.8 Å². The molecule has 0 aromatic carbocycles. The van der Waals surface area contributed by atoms with Crippen LogP contribution in [0.4, 0.5) is 0 Å². The summed E-state index contributed by atoms with van der Waals surface area (Å²) in [5, 5.41) is 0. The van der Waals surface area contributed by atoms with Crippen LogP contribution in [0.2, 0.25) is 0 Å². The SMILES string of the molecule is [CH]=CCC=CC(=O)OC(C)(C)C. The lowest BCUT2D eigenvalue weighted by molar-refractivity contribution is -0.148. The standard InChI is InChI=1S/C10H15O2/c1-5-6-7-8-9(11)12-10(2,3)4/h1,5,7-8H,6H2,2-4H3. The van der Waals surface area contributed by atoms with Gasteiger partial charge in [0, 0.05) is 6.08 Å². The Morgan fingerprint density at radius 3 is 2.50 bits per heavy atom. The first-order valence-corrected chi connectivity index (χ1v) is 3.88. The van der Waals surface area contributed by atoms with Gasteiger partial charge in [-0.15, -0.1) is 0 Å². The van der Waals surface area contributed by atoms with Crippen LogP contribution in [0.15, 0.2) is 18.2 Å². The second-order valence-corrected chi connectivity index (χ2v) is 3.41. The Morgan fingerprint density at radius 2 is 2.08 bits per heavy atom. The number of carbonyl (C=O) groups excluding carboxylic acids is 1. The van der Waals surface area contributed by atoms with Crippen LogP contribution in [0.25, 0.3) is 0 Å². The van der Waals surface area contributed by atoms with Gasteiger partial charge in [0.1, 0.15) is 5.60 Å². The first-order chi connectivity index (χ1) is 5.45. The highest BCUT2D eigenvalue weighted by molar-refractivity contribution is 5.82. The molecule has 0 aliphatic heterocycles. The Hall–Kier alpha value is -1.05. The average molecular weight is 167 g/mol. The Morgan fingerprint density at radius 1 is 1.50 bits per heavy atom. The Kier molecular flexibility index (Phi) is 4.34. The molecule has 0 aromatic heterocycles. The van der Waals surface area contributed by atoms with Crippen molar-refractivity contribution in [3.05, 3.63) is 24.8 Å². The summed E-state index contributed by atoms with van der Waals surface area (Å²) in [6.07, 6.45) is 5.10. The third kappa shape index (κ3) is 7.06. The van der Waals surface area contributed by atoms with Crippen molar-refractivity contribution in [2.45, 2.75) is 32.8 Å². The van der Waals surface area contributed by atoms with Gasteiger partial charge in [-0.05, 0) is 27.2 Å². The molecule has 0 aliphatic carbocycles. The molecule has 0 atom stereocenters. The highest BCUT2D eigenvalue weighted by Gasteiger charge is 2.13. The Labute approximate surface area is 73.9 Å². The van der Waals surface area contributed by atoms with E-state index in [1.54, 1.807) is 6.08 Å². The van der Waals surface area contributed by atoms with Gasteiger partial charge in [0.05, 0.1) is 0 Å². The summed E-state index contributed by atoms with van der Waals surface area (Å²) >= 11 is 0. The Balaban J connectivity index is 3.82. The van der Waals surface area contributed by atoms with Crippen LogP contribution < -0.4 is 0 Å². The average Bonchev–Trinajstić information content (AvgIpc) is 1.84. The normalized spacial score (nSPS) is 11.6. The molecule has 0 fully saturated rings. The van der Waals surface area contributed by atoms with Gasteiger partial charge in [-0.3, -0.25) is 0 Å². The number of hydrogen-bond donors (Lipinski definition) is 0. The van der Waals surface area contributed by atoms with Crippen molar-refractivity contribution < 1.29 is 9.53 Å². The quantitative estimate of drug-likeness (QED) is 0.476. The lowest BCUT2D eigenvalue weighted by Gasteiger charge is -2.17. The van der Waals surface area contributed by atoms with E-state index in [9.17, 15) is 4.79 Å². The molecule has 0 saturated carbocycles. The van der Waals surface area contributed by atoms with Crippen LogP contribution in [-0.4, -0.2) is 11.6 Å². The fourth-order valence-corrected chi connectivity index (χ4v) is 0.579. The summed E-state index contributed by atoms with van der Waals surface area (Å²) in [6, 6.07) is 0. The van der Waals surface area contributed by atoms with Gasteiger partial charge < -0.3 is 4.74 Å². The zero-order valence-electron chi connectivity index (χ0n) is 7.83. The van der Waals surface area contributed by atoms with E-state index < -0.39 is 5.60 Å². The predicted octanol–water partition coefficient (Wildman–Crippen LogP) is 2.26. The molecule has 0 bridgehead atoms. The van der Waals surface area contributed by atoms with E-state index in [0.29, 0.717) is 6.42 Å². The molecule has 0 saturated heterocycles. The fourth-order valence-electron chi connectivity index (χ4n) is 0.579. The van der Waals surface area contributed by atoms with Crippen molar-refractivity contribution in [2.24, 2.45) is 0 Å². The summed E-state index contributed by atoms with van der Waals surface area (Å²) in [6.45, 7) is 10.6. The molecule has 0 spiro atoms. The van der Waals surface area contributed by atoms with Crippen LogP contribution in [0.3, 0.4) is 0 Å². The van der Waals surface area contributed by atoms with E-state index in [1.165, 1.54) is 12.2 Å². The summed E-state index contributed by atoms with van der Waals surface area (Å²) in [5.41, 5.74) is -0.423. The third-order valence-corrected chi connectivity index (χ3v) is 0.933. The second kappa shape index (κ2) is 4.75. The minimum atomic E-state index is -0.423. The minimum Gasteiger partial charge on any atom is -0.457 e. The molecule has 67 valence electrons. The molecule has 0 amide bonds. The molecule has 2 nitrogen and oxygen atoms in total. The van der Waals surface area contributed by atoms with E-state index >= 15 is 0 Å². The molecule has 0 unspecified atom stereocenters. The summed E-state index contributed by atoms with van der Waals surface area (Å²) in [4.78, 5) is 11.0. The first-order valence-electron chi connectivity index (χ1n) is 3.88. The second-order valence-electron chi connectivity index (χ2n) is 3.41. The zero-order chi connectivity index (χ0) is 9.61. The van der Waals surface area contributed by atoms with Crippen molar-refractivity contribution in [2.75, 3.05) is 0 Å². The van der Waals surface area contributed by atoms with Crippen molar-refractivity contribution in [3.63, 3.8) is 0 Å². The number of carbonyl (C=O) groups is 1. The number of esters is 1. The van der Waals surface area contributed by atoms with Gasteiger partial charge in [-0.25, -0.2) is 4.79 Å². The van der Waals surface area contributed by atoms with Gasteiger partial charge in [-0.1, -0.05) is 18.7 Å². The Bertz CT molecular complexity index is 185. The van der Waals surface area contributed by atoms with Crippen molar-refractivity contribution >= 4 is 5.97 Å². The van der Waals surface area contributed by atoms with Crippen LogP contribution in [0.5, 0.6) is 0 Å². The van der Waals surface area contributed by atoms with Gasteiger partial charge in [-0.2, -0.15) is 0 Å². The van der Waals surface area contributed by atoms with Crippen molar-refractivity contribution in [1.82, 2.24) is 0 Å². The molecule has 1 radical (unpaired) electrons. The maximum Gasteiger partial charge on any atom is 0.330 e. The maximum atomic E-state index is 11.0. The lowest BCUT2D eigenvalue weighted by atomic mass is 10.2. The van der Waals surface area contributed by atoms with E-state index in [4.69, 9.17) is 11.3 Å². The summed E-state index contributed by atoms with van der Waals surface area (Å²) in [5.74, 6) is -0.329. The van der Waals surface area contributed by atoms with Crippen LogP contribution in [0, 0.1) is 6.58 Å². The van der Waals surface area contributed by atoms with E-state index in [0.717, 1.165) is 0 Å². The molecular formula is C10H15O2. The van der Waals surface area contributed by atoms with E-state index in [-0.39, 0.29) is 5.97 Å². The number of ether oxygens (including phenoxy) is 1. The topological polar surface area (TPSA) is 26.3 Å². The lowest BCUT2D eigenvalue weighted by Crippen LogP contribution is -2.22. The molecular weight excluding hydrogens is 152 g/mol. The fraction of sp³-hybridized carbons (Fsp3) is 0.500. The largest absolute Gasteiger partial charge is 0.457 e. The molecule has 0 aliphatic rings. The molecule has 0 heterocycles. The van der Waals surface area contributed by atoms with Gasteiger partial charge >= 0.3 is 5.97 Å². The van der Waals surface area contributed by atoms with Crippen LogP contribution >= 0.6 is 0 Å². The number of allylic oxidation sites excluding steroid dienone is 2. The maximum absolute atomic E-state index is 11.0. The highest BCUT2D eigenvalue weighted by Crippen LogP contribution is 2.07. The number of rotatable bonds is 3. The number of hydrogen-bond acceptors (Lipinski definition) is 2. The molecule has 12 heavy (non-hydrogen) atoms. The van der Waals surface area contributed by atoms with Crippen molar-refractivity contribution in [3.8, 4) is 0 Å². The molecule has 0 N–H and O–H groups in total. The van der Waals surface area contributed by atoms with Gasteiger partial charge in [0.15, 0.2) is 0 Å². The molecule has 2 heteroatoms. The molecule has 0 aromatic rings. The van der Waals surface area contributed by atoms with Gasteiger partial charge in [0.2, 0.25) is 0 Å². The van der Waals surface area contributed by atoms with Crippen LogP contribution in [-0.2, 0) is 9.53 Å². The minimum absolute atomic E-state index is 0.329. The van der Waals surface area contributed by atoms with Crippen molar-refractivity contribution in [1.29, 1.82) is 0 Å². The monoisotopic (exact) mass is 167 g/mol. The summed E-state index contributed by atoms with van der Waals surface area (Å²) in [7, 11) is 0. The zero-order valence-corrected chi connectivity index (χ0v) is 7.83. The molecule has 0 rings (SSSR count). The van der Waals surface area contributed by atoms with Crippen LogP contribution in [0.1, 0.15) is 27.2 Å². The summed E-state index contributed by atoms with van der Waals surface area (Å²) < 4.78 is 5.00. The smallest absolute Gasteiger partial charge is 0.330 e. The third-order valence-electron chi connectivity index (χ3n) is 0.933.